The summed E-state index contributed by atoms with van der Waals surface area (Å²) in [5.41, 5.74) is 1.13. The molecule has 0 amide bonds. The summed E-state index contributed by atoms with van der Waals surface area (Å²) < 4.78 is 21.4. The van der Waals surface area contributed by atoms with Crippen LogP contribution in [0.1, 0.15) is 10.4 Å². The van der Waals surface area contributed by atoms with Crippen molar-refractivity contribution >= 4 is 17.5 Å². The molecule has 8 heteroatoms. The third kappa shape index (κ3) is 4.22. The molecule has 140 valence electrons. The Labute approximate surface area is 160 Å². The smallest absolute Gasteiger partial charge is 0.277 e. The highest BCUT2D eigenvalue weighted by atomic mass is 32.2. The van der Waals surface area contributed by atoms with Crippen molar-refractivity contribution in [3.8, 4) is 28.7 Å². The first-order valence-corrected chi connectivity index (χ1v) is 8.99. The first kappa shape index (κ1) is 18.8. The van der Waals surface area contributed by atoms with Crippen molar-refractivity contribution in [2.75, 3.05) is 27.1 Å². The monoisotopic (exact) mass is 386 g/mol. The van der Waals surface area contributed by atoms with Gasteiger partial charge in [0.15, 0.2) is 5.78 Å². The lowest BCUT2D eigenvalue weighted by molar-refractivity contribution is 0.101. The predicted octanol–water partition coefficient (Wildman–Crippen LogP) is 3.74. The van der Waals surface area contributed by atoms with Crippen LogP contribution < -0.4 is 14.2 Å². The van der Waals surface area contributed by atoms with Gasteiger partial charge in [-0.15, -0.1) is 10.2 Å². The Bertz CT molecular complexity index is 941. The number of hydrogen-bond acceptors (Lipinski definition) is 8. The van der Waals surface area contributed by atoms with Gasteiger partial charge in [0.2, 0.25) is 0 Å². The molecule has 0 aliphatic carbocycles. The minimum Gasteiger partial charge on any atom is -0.497 e. The summed E-state index contributed by atoms with van der Waals surface area (Å²) in [5, 5.41) is 8.32. The molecule has 1 heterocycles. The van der Waals surface area contributed by atoms with Crippen molar-refractivity contribution in [1.29, 1.82) is 0 Å². The summed E-state index contributed by atoms with van der Waals surface area (Å²) >= 11 is 1.16. The summed E-state index contributed by atoms with van der Waals surface area (Å²) in [6.07, 6.45) is 0. The van der Waals surface area contributed by atoms with E-state index in [0.717, 1.165) is 11.8 Å². The van der Waals surface area contributed by atoms with E-state index >= 15 is 0 Å². The van der Waals surface area contributed by atoms with Crippen LogP contribution in [0.15, 0.2) is 52.1 Å². The van der Waals surface area contributed by atoms with E-state index in [2.05, 4.69) is 10.2 Å². The average molecular weight is 386 g/mol. The highest BCUT2D eigenvalue weighted by Gasteiger charge is 2.17. The van der Waals surface area contributed by atoms with Gasteiger partial charge in [-0.1, -0.05) is 23.9 Å². The maximum absolute atomic E-state index is 12.6. The fourth-order valence-corrected chi connectivity index (χ4v) is 3.08. The quantitative estimate of drug-likeness (QED) is 0.428. The lowest BCUT2D eigenvalue weighted by Gasteiger charge is -2.08. The van der Waals surface area contributed by atoms with Crippen LogP contribution in [-0.2, 0) is 0 Å². The van der Waals surface area contributed by atoms with Gasteiger partial charge in [-0.3, -0.25) is 4.79 Å². The van der Waals surface area contributed by atoms with E-state index in [9.17, 15) is 4.79 Å². The van der Waals surface area contributed by atoms with Gasteiger partial charge in [0.05, 0.1) is 38.2 Å². The maximum atomic E-state index is 12.6. The van der Waals surface area contributed by atoms with Crippen molar-refractivity contribution < 1.29 is 23.4 Å². The number of nitrogens with zero attached hydrogens (tertiary/aromatic N) is 2. The van der Waals surface area contributed by atoms with Crippen LogP contribution in [0, 0.1) is 0 Å². The fourth-order valence-electron chi connectivity index (χ4n) is 2.44. The lowest BCUT2D eigenvalue weighted by Crippen LogP contribution is -2.05. The minimum atomic E-state index is -0.132. The number of thioether (sulfide) groups is 1. The van der Waals surface area contributed by atoms with Gasteiger partial charge in [0.25, 0.3) is 11.1 Å². The van der Waals surface area contributed by atoms with E-state index in [4.69, 9.17) is 18.6 Å². The molecule has 0 saturated heterocycles. The van der Waals surface area contributed by atoms with Crippen LogP contribution in [-0.4, -0.2) is 43.1 Å². The van der Waals surface area contributed by atoms with Crippen LogP contribution in [0.4, 0.5) is 0 Å². The summed E-state index contributed by atoms with van der Waals surface area (Å²) in [6.45, 7) is 0. The summed E-state index contributed by atoms with van der Waals surface area (Å²) in [7, 11) is 4.64. The average Bonchev–Trinajstić information content (AvgIpc) is 3.20. The Morgan fingerprint density at radius 1 is 1.00 bits per heavy atom. The zero-order valence-corrected chi connectivity index (χ0v) is 15.9. The molecule has 0 aliphatic heterocycles. The van der Waals surface area contributed by atoms with E-state index in [0.29, 0.717) is 39.5 Å². The van der Waals surface area contributed by atoms with E-state index in [1.165, 1.54) is 7.11 Å². The van der Waals surface area contributed by atoms with Gasteiger partial charge in [0, 0.05) is 0 Å². The van der Waals surface area contributed by atoms with Crippen LogP contribution >= 0.6 is 11.8 Å². The maximum Gasteiger partial charge on any atom is 0.277 e. The number of methoxy groups -OCH3 is 3. The number of carbonyl (C=O) groups excluding carboxylic acids is 1. The molecule has 3 aromatic rings. The van der Waals surface area contributed by atoms with Gasteiger partial charge in [-0.25, -0.2) is 0 Å². The molecule has 0 atom stereocenters. The first-order valence-electron chi connectivity index (χ1n) is 8.01. The lowest BCUT2D eigenvalue weighted by atomic mass is 10.1. The van der Waals surface area contributed by atoms with Crippen LogP contribution in [0.5, 0.6) is 17.2 Å². The number of ketones is 1. The van der Waals surface area contributed by atoms with Crippen molar-refractivity contribution in [3.63, 3.8) is 0 Å². The molecule has 3 rings (SSSR count). The van der Waals surface area contributed by atoms with Crippen molar-refractivity contribution in [1.82, 2.24) is 10.2 Å². The van der Waals surface area contributed by atoms with Gasteiger partial charge < -0.3 is 18.6 Å². The van der Waals surface area contributed by atoms with Gasteiger partial charge >= 0.3 is 0 Å². The van der Waals surface area contributed by atoms with Crippen molar-refractivity contribution in [3.05, 3.63) is 48.0 Å². The van der Waals surface area contributed by atoms with Crippen LogP contribution in [0.2, 0.25) is 0 Å². The molecule has 2 aromatic carbocycles. The highest BCUT2D eigenvalue weighted by molar-refractivity contribution is 7.99. The third-order valence-corrected chi connectivity index (χ3v) is 4.60. The summed E-state index contributed by atoms with van der Waals surface area (Å²) in [6, 6.07) is 12.4. The second kappa shape index (κ2) is 8.59. The highest BCUT2D eigenvalue weighted by Crippen LogP contribution is 2.31. The minimum absolute atomic E-state index is 0.122. The second-order valence-electron chi connectivity index (χ2n) is 5.35. The number of para-hydroxylation sites is 1. The Morgan fingerprint density at radius 3 is 2.52 bits per heavy atom. The van der Waals surface area contributed by atoms with E-state index < -0.39 is 0 Å². The molecule has 0 saturated carbocycles. The largest absolute Gasteiger partial charge is 0.497 e. The van der Waals surface area contributed by atoms with E-state index in [-0.39, 0.29) is 11.5 Å². The Hall–Kier alpha value is -3.00. The molecule has 0 spiro atoms. The number of Topliss-reactive ketones (excluding diaryl/α,β-unsaturated/α-hetero) is 1. The van der Waals surface area contributed by atoms with E-state index in [1.54, 1.807) is 32.4 Å². The second-order valence-corrected chi connectivity index (χ2v) is 6.28. The number of carbonyl (C=O) groups is 1. The predicted molar refractivity (Wildman–Crippen MR) is 101 cm³/mol. The Kier molecular flexibility index (Phi) is 5.97. The molecular weight excluding hydrogens is 368 g/mol. The van der Waals surface area contributed by atoms with Crippen molar-refractivity contribution in [2.45, 2.75) is 5.22 Å². The molecule has 0 radical (unpaired) electrons. The Balaban J connectivity index is 1.73. The standard InChI is InChI=1S/C19H18N2O5S/c1-23-12-8-9-17(25-3)14(10-12)15(22)11-27-19-21-20-18(26-19)13-6-4-5-7-16(13)24-2/h4-10H,11H2,1-3H3. The third-order valence-electron chi connectivity index (χ3n) is 3.78. The molecule has 1 aromatic heterocycles. The summed E-state index contributed by atoms with van der Waals surface area (Å²) in [4.78, 5) is 12.6. The zero-order chi connectivity index (χ0) is 19.2. The van der Waals surface area contributed by atoms with Crippen LogP contribution in [0.25, 0.3) is 11.5 Å². The molecule has 0 unspecified atom stereocenters. The number of aromatic nitrogens is 2. The topological polar surface area (TPSA) is 83.7 Å². The number of benzene rings is 2. The molecule has 0 N–H and O–H groups in total. The van der Waals surface area contributed by atoms with E-state index in [1.807, 2.05) is 24.3 Å². The molecule has 0 bridgehead atoms. The van der Waals surface area contributed by atoms with Crippen LogP contribution in [0.3, 0.4) is 0 Å². The fraction of sp³-hybridized carbons (Fsp3) is 0.211. The first-order chi connectivity index (χ1) is 13.2. The SMILES string of the molecule is COc1ccc(OC)c(C(=O)CSc2nnc(-c3ccccc3OC)o2)c1. The summed E-state index contributed by atoms with van der Waals surface area (Å²) in [5.74, 6) is 2.03. The number of hydrogen-bond donors (Lipinski definition) is 0. The normalized spacial score (nSPS) is 10.5. The zero-order valence-electron chi connectivity index (χ0n) is 15.1. The number of rotatable bonds is 8. The molecule has 0 aliphatic rings. The molecule has 0 fully saturated rings. The number of ether oxygens (including phenoxy) is 3. The van der Waals surface area contributed by atoms with Crippen molar-refractivity contribution in [2.24, 2.45) is 0 Å². The molecule has 7 nitrogen and oxygen atoms in total. The molecule has 27 heavy (non-hydrogen) atoms. The van der Waals surface area contributed by atoms with Gasteiger partial charge in [-0.05, 0) is 30.3 Å². The molecular formula is C19H18N2O5S. The van der Waals surface area contributed by atoms with Gasteiger partial charge in [0.1, 0.15) is 17.2 Å². The Morgan fingerprint density at radius 2 is 1.78 bits per heavy atom. The van der Waals surface area contributed by atoms with Gasteiger partial charge in [-0.2, -0.15) is 0 Å².